The van der Waals surface area contributed by atoms with E-state index in [1.807, 2.05) is 0 Å². The first kappa shape index (κ1) is 16.5. The minimum atomic E-state index is -4.33. The van der Waals surface area contributed by atoms with Gasteiger partial charge in [-0.3, -0.25) is 0 Å². The summed E-state index contributed by atoms with van der Waals surface area (Å²) in [6, 6.07) is 5.15. The maximum Gasteiger partial charge on any atom is 0.416 e. The third kappa shape index (κ3) is 4.81. The van der Waals surface area contributed by atoms with E-state index < -0.39 is 11.7 Å². The maximum absolute atomic E-state index is 12.7. The molecule has 0 aliphatic carbocycles. The number of thioether (sulfide) groups is 1. The highest BCUT2D eigenvalue weighted by Gasteiger charge is 2.31. The van der Waals surface area contributed by atoms with Gasteiger partial charge in [0.25, 0.3) is 0 Å². The normalized spacial score (nSPS) is 20.5. The Bertz CT molecular complexity index is 447. The summed E-state index contributed by atoms with van der Waals surface area (Å²) in [4.78, 5) is 0. The van der Waals surface area contributed by atoms with Gasteiger partial charge in [-0.25, -0.2) is 0 Å². The van der Waals surface area contributed by atoms with E-state index in [2.05, 4.69) is 12.2 Å². The number of hydrogen-bond donors (Lipinski definition) is 1. The Morgan fingerprint density at radius 1 is 1.43 bits per heavy atom. The van der Waals surface area contributed by atoms with Crippen molar-refractivity contribution in [1.82, 2.24) is 5.32 Å². The van der Waals surface area contributed by atoms with E-state index in [1.165, 1.54) is 6.07 Å². The standard InChI is InChI=1S/C15H20F3NOS/c1-2-21-10-14(11-6-7-19-9-11)20-13-5-3-4-12(8-13)15(16,17)18/h3-5,8,11,14,19H,2,6-7,9-10H2,1H3/t11-,14+/m0/s1. The Labute approximate surface area is 127 Å². The number of benzene rings is 1. The van der Waals surface area contributed by atoms with Crippen LogP contribution >= 0.6 is 11.8 Å². The van der Waals surface area contributed by atoms with E-state index in [0.29, 0.717) is 11.7 Å². The minimum absolute atomic E-state index is 0.0477. The molecular formula is C15H20F3NOS. The lowest BCUT2D eigenvalue weighted by molar-refractivity contribution is -0.137. The Balaban J connectivity index is 2.08. The lowest BCUT2D eigenvalue weighted by Crippen LogP contribution is -2.31. The van der Waals surface area contributed by atoms with Gasteiger partial charge in [0, 0.05) is 18.2 Å². The lowest BCUT2D eigenvalue weighted by atomic mass is 10.0. The van der Waals surface area contributed by atoms with Crippen LogP contribution in [-0.2, 0) is 6.18 Å². The third-order valence-corrected chi connectivity index (χ3v) is 4.53. The minimum Gasteiger partial charge on any atom is -0.489 e. The first-order valence-electron chi connectivity index (χ1n) is 7.13. The summed E-state index contributed by atoms with van der Waals surface area (Å²) in [5, 5.41) is 3.28. The van der Waals surface area contributed by atoms with Gasteiger partial charge in [0.1, 0.15) is 11.9 Å². The zero-order valence-electron chi connectivity index (χ0n) is 12.0. The summed E-state index contributed by atoms with van der Waals surface area (Å²) in [6.07, 6.45) is -3.37. The second-order valence-corrected chi connectivity index (χ2v) is 6.41. The molecule has 0 spiro atoms. The van der Waals surface area contributed by atoms with Crippen LogP contribution in [0.3, 0.4) is 0 Å². The topological polar surface area (TPSA) is 21.3 Å². The zero-order valence-corrected chi connectivity index (χ0v) is 12.8. The van der Waals surface area contributed by atoms with Gasteiger partial charge < -0.3 is 10.1 Å². The predicted octanol–water partition coefficient (Wildman–Crippen LogP) is 3.82. The number of rotatable bonds is 6. The number of ether oxygens (including phenoxy) is 1. The number of hydrogen-bond acceptors (Lipinski definition) is 3. The SMILES string of the molecule is CCSC[C@@H](Oc1cccc(C(F)(F)F)c1)[C@H]1CCNC1. The molecule has 1 fully saturated rings. The van der Waals surface area contributed by atoms with Crippen LogP contribution in [0.25, 0.3) is 0 Å². The summed E-state index contributed by atoms with van der Waals surface area (Å²) in [6.45, 7) is 3.89. The summed E-state index contributed by atoms with van der Waals surface area (Å²) in [5.74, 6) is 2.44. The molecule has 1 aliphatic heterocycles. The number of nitrogens with one attached hydrogen (secondary N) is 1. The summed E-state index contributed by atoms with van der Waals surface area (Å²) < 4.78 is 44.1. The van der Waals surface area contributed by atoms with Crippen molar-refractivity contribution in [2.24, 2.45) is 5.92 Å². The van der Waals surface area contributed by atoms with Crippen LogP contribution in [0.15, 0.2) is 24.3 Å². The zero-order chi connectivity index (χ0) is 15.3. The molecule has 0 aromatic heterocycles. The molecule has 2 atom stereocenters. The summed E-state index contributed by atoms with van der Waals surface area (Å²) >= 11 is 1.76. The van der Waals surface area contributed by atoms with Crippen molar-refractivity contribution in [3.05, 3.63) is 29.8 Å². The molecule has 2 rings (SSSR count). The molecule has 1 saturated heterocycles. The van der Waals surface area contributed by atoms with Gasteiger partial charge in [-0.1, -0.05) is 13.0 Å². The Kier molecular flexibility index (Phi) is 5.81. The van der Waals surface area contributed by atoms with E-state index in [0.717, 1.165) is 43.1 Å². The fourth-order valence-electron chi connectivity index (χ4n) is 2.42. The highest BCUT2D eigenvalue weighted by molar-refractivity contribution is 7.99. The van der Waals surface area contributed by atoms with Crippen LogP contribution in [0.4, 0.5) is 13.2 Å². The Morgan fingerprint density at radius 2 is 2.24 bits per heavy atom. The molecule has 1 N–H and O–H groups in total. The van der Waals surface area contributed by atoms with Crippen LogP contribution in [0, 0.1) is 5.92 Å². The van der Waals surface area contributed by atoms with Crippen molar-refractivity contribution >= 4 is 11.8 Å². The van der Waals surface area contributed by atoms with Gasteiger partial charge in [-0.15, -0.1) is 0 Å². The molecule has 118 valence electrons. The Morgan fingerprint density at radius 3 is 2.86 bits per heavy atom. The molecule has 21 heavy (non-hydrogen) atoms. The molecule has 1 aromatic carbocycles. The average Bonchev–Trinajstić information content (AvgIpc) is 2.97. The molecular weight excluding hydrogens is 299 g/mol. The average molecular weight is 319 g/mol. The van der Waals surface area contributed by atoms with Crippen LogP contribution in [0.2, 0.25) is 0 Å². The van der Waals surface area contributed by atoms with Gasteiger partial charge in [0.15, 0.2) is 0 Å². The summed E-state index contributed by atoms with van der Waals surface area (Å²) in [7, 11) is 0. The van der Waals surface area contributed by atoms with Crippen molar-refractivity contribution in [1.29, 1.82) is 0 Å². The smallest absolute Gasteiger partial charge is 0.416 e. The first-order valence-corrected chi connectivity index (χ1v) is 8.28. The third-order valence-electron chi connectivity index (χ3n) is 3.56. The first-order chi connectivity index (χ1) is 10.0. The van der Waals surface area contributed by atoms with E-state index >= 15 is 0 Å². The Hall–Kier alpha value is -0.880. The summed E-state index contributed by atoms with van der Waals surface area (Å²) in [5.41, 5.74) is -0.661. The quantitative estimate of drug-likeness (QED) is 0.861. The molecule has 0 amide bonds. The highest BCUT2D eigenvalue weighted by Crippen LogP contribution is 2.32. The molecule has 0 radical (unpaired) electrons. The number of halogens is 3. The van der Waals surface area contributed by atoms with E-state index in [1.54, 1.807) is 17.8 Å². The largest absolute Gasteiger partial charge is 0.489 e. The van der Waals surface area contributed by atoms with Crippen molar-refractivity contribution in [2.75, 3.05) is 24.6 Å². The molecule has 2 nitrogen and oxygen atoms in total. The van der Waals surface area contributed by atoms with Crippen LogP contribution in [0.5, 0.6) is 5.75 Å². The fourth-order valence-corrected chi connectivity index (χ4v) is 3.22. The fraction of sp³-hybridized carbons (Fsp3) is 0.600. The van der Waals surface area contributed by atoms with Crippen molar-refractivity contribution < 1.29 is 17.9 Å². The lowest BCUT2D eigenvalue weighted by Gasteiger charge is -2.24. The second-order valence-electron chi connectivity index (χ2n) is 5.09. The van der Waals surface area contributed by atoms with Crippen LogP contribution in [0.1, 0.15) is 18.9 Å². The van der Waals surface area contributed by atoms with Gasteiger partial charge in [-0.05, 0) is 36.9 Å². The van der Waals surface area contributed by atoms with Crippen LogP contribution in [-0.4, -0.2) is 30.7 Å². The second kappa shape index (κ2) is 7.40. The highest BCUT2D eigenvalue weighted by atomic mass is 32.2. The molecule has 0 saturated carbocycles. The van der Waals surface area contributed by atoms with E-state index in [4.69, 9.17) is 4.74 Å². The van der Waals surface area contributed by atoms with Crippen LogP contribution < -0.4 is 10.1 Å². The van der Waals surface area contributed by atoms with Gasteiger partial charge >= 0.3 is 6.18 Å². The molecule has 1 aromatic rings. The molecule has 0 bridgehead atoms. The maximum atomic E-state index is 12.7. The van der Waals surface area contributed by atoms with Gasteiger partial charge in [-0.2, -0.15) is 24.9 Å². The molecule has 1 aliphatic rings. The van der Waals surface area contributed by atoms with Crippen molar-refractivity contribution in [3.8, 4) is 5.75 Å². The van der Waals surface area contributed by atoms with Gasteiger partial charge in [0.05, 0.1) is 5.56 Å². The predicted molar refractivity (Wildman–Crippen MR) is 79.8 cm³/mol. The molecule has 1 heterocycles. The van der Waals surface area contributed by atoms with Crippen molar-refractivity contribution in [3.63, 3.8) is 0 Å². The van der Waals surface area contributed by atoms with E-state index in [9.17, 15) is 13.2 Å². The van der Waals surface area contributed by atoms with Gasteiger partial charge in [0.2, 0.25) is 0 Å². The number of alkyl halides is 3. The molecule has 0 unspecified atom stereocenters. The van der Waals surface area contributed by atoms with E-state index in [-0.39, 0.29) is 6.10 Å². The van der Waals surface area contributed by atoms with Crippen molar-refractivity contribution in [2.45, 2.75) is 25.6 Å². The monoisotopic (exact) mass is 319 g/mol. The molecule has 6 heteroatoms.